The van der Waals surface area contributed by atoms with Crippen molar-refractivity contribution in [1.29, 1.82) is 0 Å². The van der Waals surface area contributed by atoms with Crippen molar-refractivity contribution >= 4 is 0 Å². The lowest BCUT2D eigenvalue weighted by Gasteiger charge is -2.47. The van der Waals surface area contributed by atoms with Crippen LogP contribution in [0.1, 0.15) is 19.8 Å². The van der Waals surface area contributed by atoms with E-state index in [9.17, 15) is 40.9 Å². The van der Waals surface area contributed by atoms with E-state index in [0.29, 0.717) is 0 Å². The van der Waals surface area contributed by atoms with Crippen molar-refractivity contribution in [1.82, 2.24) is 0 Å². The molecule has 13 atom stereocenters. The second-order valence-corrected chi connectivity index (χ2v) is 8.12. The van der Waals surface area contributed by atoms with E-state index >= 15 is 0 Å². The molecule has 13 nitrogen and oxygen atoms in total. The van der Waals surface area contributed by atoms with Gasteiger partial charge < -0.3 is 64.5 Å². The van der Waals surface area contributed by atoms with Gasteiger partial charge in [-0.2, -0.15) is 0 Å². The summed E-state index contributed by atoms with van der Waals surface area (Å²) in [5.74, 6) is 0. The molecule has 0 unspecified atom stereocenters. The van der Waals surface area contributed by atoms with Gasteiger partial charge in [-0.25, -0.2) is 0 Å². The first kappa shape index (κ1) is 25.1. The average Bonchev–Trinajstić information content (AvgIpc) is 2.72. The lowest BCUT2D eigenvalue weighted by molar-refractivity contribution is -0.376. The first-order valence-corrected chi connectivity index (χ1v) is 10.2. The number of hydrogen-bond acceptors (Lipinski definition) is 13. The van der Waals surface area contributed by atoms with E-state index in [1.807, 2.05) is 0 Å². The maximum atomic E-state index is 10.6. The Hall–Kier alpha value is -0.520. The van der Waals surface area contributed by atoms with Crippen LogP contribution in [0.5, 0.6) is 0 Å². The first-order chi connectivity index (χ1) is 14.7. The molecule has 3 saturated heterocycles. The molecular formula is C18H32O13. The second kappa shape index (κ2) is 10.6. The van der Waals surface area contributed by atoms with Gasteiger partial charge >= 0.3 is 0 Å². The lowest BCUT2D eigenvalue weighted by atomic mass is 9.97. The van der Waals surface area contributed by atoms with Gasteiger partial charge in [0.2, 0.25) is 0 Å². The molecule has 3 rings (SSSR count). The summed E-state index contributed by atoms with van der Waals surface area (Å²) in [7, 11) is 0. The van der Waals surface area contributed by atoms with E-state index in [1.165, 1.54) is 0 Å². The fourth-order valence-corrected chi connectivity index (χ4v) is 3.89. The number of hydrogen-bond donors (Lipinski definition) is 8. The van der Waals surface area contributed by atoms with Gasteiger partial charge in [0.1, 0.15) is 42.7 Å². The fourth-order valence-electron chi connectivity index (χ4n) is 3.89. The molecule has 0 aromatic rings. The maximum Gasteiger partial charge on any atom is 0.184 e. The quantitative estimate of drug-likeness (QED) is 0.190. The van der Waals surface area contributed by atoms with Crippen LogP contribution in [-0.4, -0.2) is 134 Å². The van der Waals surface area contributed by atoms with Gasteiger partial charge in [-0.3, -0.25) is 0 Å². The zero-order chi connectivity index (χ0) is 22.9. The highest BCUT2D eigenvalue weighted by molar-refractivity contribution is 4.93. The molecule has 182 valence electrons. The zero-order valence-corrected chi connectivity index (χ0v) is 17.0. The number of ether oxygens (including phenoxy) is 5. The molecule has 0 saturated carbocycles. The Bertz CT molecular complexity index is 567. The van der Waals surface area contributed by atoms with E-state index in [0.717, 1.165) is 0 Å². The van der Waals surface area contributed by atoms with Gasteiger partial charge in [0, 0.05) is 12.8 Å². The van der Waals surface area contributed by atoms with Crippen molar-refractivity contribution < 1.29 is 64.5 Å². The van der Waals surface area contributed by atoms with E-state index in [1.54, 1.807) is 6.92 Å². The Morgan fingerprint density at radius 1 is 0.677 bits per heavy atom. The molecule has 0 bridgehead atoms. The third-order valence-electron chi connectivity index (χ3n) is 5.80. The Labute approximate surface area is 178 Å². The topological polar surface area (TPSA) is 208 Å². The largest absolute Gasteiger partial charge is 0.394 e. The molecule has 0 aromatic heterocycles. The summed E-state index contributed by atoms with van der Waals surface area (Å²) >= 11 is 0. The number of rotatable bonds is 6. The molecule has 13 heteroatoms. The minimum atomic E-state index is -1.73. The molecule has 0 spiro atoms. The van der Waals surface area contributed by atoms with Crippen molar-refractivity contribution in [3.05, 3.63) is 0 Å². The highest BCUT2D eigenvalue weighted by Crippen LogP contribution is 2.32. The van der Waals surface area contributed by atoms with Crippen LogP contribution in [0, 0.1) is 0 Å². The molecule has 0 aromatic carbocycles. The molecule has 0 amide bonds. The van der Waals surface area contributed by atoms with E-state index < -0.39 is 93.1 Å². The van der Waals surface area contributed by atoms with E-state index in [4.69, 9.17) is 23.7 Å². The summed E-state index contributed by atoms with van der Waals surface area (Å²) in [5, 5.41) is 79.9. The number of aliphatic hydroxyl groups is 8. The molecule has 3 aliphatic heterocycles. The van der Waals surface area contributed by atoms with Gasteiger partial charge in [0.25, 0.3) is 0 Å². The summed E-state index contributed by atoms with van der Waals surface area (Å²) in [6, 6.07) is 0. The molecule has 0 aliphatic carbocycles. The van der Waals surface area contributed by atoms with Crippen molar-refractivity contribution in [2.45, 2.75) is 99.7 Å². The molecule has 0 radical (unpaired) electrons. The first-order valence-electron chi connectivity index (χ1n) is 10.2. The predicted octanol–water partition coefficient (Wildman–Crippen LogP) is -4.49. The van der Waals surface area contributed by atoms with Gasteiger partial charge in [0.15, 0.2) is 18.9 Å². The Morgan fingerprint density at radius 2 is 1.23 bits per heavy atom. The molecule has 3 heterocycles. The fraction of sp³-hybridized carbons (Fsp3) is 1.00. The zero-order valence-electron chi connectivity index (χ0n) is 17.0. The van der Waals surface area contributed by atoms with Crippen LogP contribution in [0.4, 0.5) is 0 Å². The van der Waals surface area contributed by atoms with Gasteiger partial charge in [-0.1, -0.05) is 0 Å². The monoisotopic (exact) mass is 456 g/mol. The second-order valence-electron chi connectivity index (χ2n) is 8.12. The lowest BCUT2D eigenvalue weighted by Crippen LogP contribution is -2.64. The van der Waals surface area contributed by atoms with Crippen LogP contribution < -0.4 is 0 Å². The third-order valence-corrected chi connectivity index (χ3v) is 5.80. The van der Waals surface area contributed by atoms with Crippen molar-refractivity contribution in [2.24, 2.45) is 0 Å². The van der Waals surface area contributed by atoms with Crippen molar-refractivity contribution in [3.63, 3.8) is 0 Å². The maximum absolute atomic E-state index is 10.6. The van der Waals surface area contributed by atoms with Crippen LogP contribution in [0.2, 0.25) is 0 Å². The molecular weight excluding hydrogens is 424 g/mol. The smallest absolute Gasteiger partial charge is 0.184 e. The minimum absolute atomic E-state index is 0.0524. The van der Waals surface area contributed by atoms with E-state index in [2.05, 4.69) is 0 Å². The van der Waals surface area contributed by atoms with Gasteiger partial charge in [-0.15, -0.1) is 0 Å². The van der Waals surface area contributed by atoms with Crippen molar-refractivity contribution in [2.75, 3.05) is 13.2 Å². The van der Waals surface area contributed by atoms with Crippen molar-refractivity contribution in [3.8, 4) is 0 Å². The van der Waals surface area contributed by atoms with E-state index in [-0.39, 0.29) is 12.8 Å². The van der Waals surface area contributed by atoms with Crippen LogP contribution in [0.25, 0.3) is 0 Å². The Morgan fingerprint density at radius 3 is 1.84 bits per heavy atom. The highest BCUT2D eigenvalue weighted by Gasteiger charge is 2.51. The number of aliphatic hydroxyl groups excluding tert-OH is 8. The molecule has 8 N–H and O–H groups in total. The normalized spacial score (nSPS) is 51.6. The summed E-state index contributed by atoms with van der Waals surface area (Å²) in [6.45, 7) is 0.365. The van der Waals surface area contributed by atoms with Crippen LogP contribution in [0.3, 0.4) is 0 Å². The summed E-state index contributed by atoms with van der Waals surface area (Å²) in [5.41, 5.74) is 0. The highest BCUT2D eigenvalue weighted by atomic mass is 16.8. The standard InChI is InChI=1S/C18H32O13/c1-6-7(21)2-9(23)17(27-6)30-14-13(25)12(5-20)28-16(26)15(14)31-18-10(24)3-8(22)11(4-19)29-18/h6-26H,2-5H2,1H3/t6-,7-,8-,9-,10-,11-,12-,13-,14+,15+,16+,17-,18+/m1/s1. The molecule has 3 fully saturated rings. The Balaban J connectivity index is 1.77. The average molecular weight is 456 g/mol. The predicted molar refractivity (Wildman–Crippen MR) is 97.1 cm³/mol. The summed E-state index contributed by atoms with van der Waals surface area (Å²) < 4.78 is 27.3. The minimum Gasteiger partial charge on any atom is -0.394 e. The van der Waals surface area contributed by atoms with Crippen LogP contribution in [-0.2, 0) is 23.7 Å². The SMILES string of the molecule is C[C@H]1O[C@H](O[C@H]2[C@H](O)[C@@H](CO)O[C@H](O)[C@H]2O[C@@H]2O[C@H](CO)[C@H](O)C[C@H]2O)[C@H](O)C[C@H]1O. The van der Waals surface area contributed by atoms with Gasteiger partial charge in [-0.05, 0) is 6.92 Å². The molecule has 31 heavy (non-hydrogen) atoms. The van der Waals surface area contributed by atoms with Crippen LogP contribution in [0.15, 0.2) is 0 Å². The summed E-state index contributed by atoms with van der Waals surface area (Å²) in [6.07, 6.45) is -16.7. The van der Waals surface area contributed by atoms with Gasteiger partial charge in [0.05, 0.1) is 31.5 Å². The van der Waals surface area contributed by atoms with Crippen LogP contribution >= 0.6 is 0 Å². The third kappa shape index (κ3) is 5.52. The molecule has 3 aliphatic rings. The summed E-state index contributed by atoms with van der Waals surface area (Å²) in [4.78, 5) is 0. The Kier molecular flexibility index (Phi) is 8.59.